The summed E-state index contributed by atoms with van der Waals surface area (Å²) in [6.45, 7) is 19.5. The first kappa shape index (κ1) is 57.6. The summed E-state index contributed by atoms with van der Waals surface area (Å²) in [5.41, 5.74) is 3.87. The Morgan fingerprint density at radius 2 is 1.02 bits per heavy atom. The molecule has 2 fully saturated rings. The molecule has 0 aliphatic carbocycles. The number of piperidine rings is 2. The largest absolute Gasteiger partial charge is 0.486 e. The van der Waals surface area contributed by atoms with Gasteiger partial charge in [0.1, 0.15) is 43.9 Å². The zero-order valence-corrected chi connectivity index (χ0v) is 48.8. The van der Waals surface area contributed by atoms with Crippen molar-refractivity contribution in [2.45, 2.75) is 117 Å². The molecule has 11 heterocycles. The molecule has 11 rings (SSSR count). The van der Waals surface area contributed by atoms with Gasteiger partial charge in [-0.1, -0.05) is 0 Å². The molecule has 0 aromatic carbocycles. The van der Waals surface area contributed by atoms with Gasteiger partial charge < -0.3 is 51.8 Å². The molecule has 22 nitrogen and oxygen atoms in total. The normalized spacial score (nSPS) is 16.1. The standard InChI is InChI=1S/C31H36N6O6.C28H34BrN5O5/c1-31(2,3)43-30(39)37(20-22-17-26-27(19-33-22)41-15-14-40-26)23-6-9-35(10-7-23)11-12-36-25-16-21(29-32-8-13-42-29)18-34-24(25)4-5-28(36)38;1-28(2,3)39-27(36)34(18-20-15-24-25(17-30-20)38-13-12-37-24)21-6-8-32(9-7-21)10-11-33-23-14-19(29)16-31-22(23)4-5-26(33)35/h4-5,8,13,16-19,23H,6-7,9-12,14-15,20H2,1-3H3;4-5,14-17,21H,6-13,18H2,1-3H3. The molecule has 0 unspecified atom stereocenters. The van der Waals surface area contributed by atoms with Crippen LogP contribution in [0.25, 0.3) is 33.5 Å². The zero-order valence-electron chi connectivity index (χ0n) is 47.3. The lowest BCUT2D eigenvalue weighted by Gasteiger charge is -2.39. The summed E-state index contributed by atoms with van der Waals surface area (Å²) in [6, 6.07) is 14.1. The van der Waals surface area contributed by atoms with Crippen molar-refractivity contribution in [3.05, 3.63) is 122 Å². The van der Waals surface area contributed by atoms with E-state index in [1.165, 1.54) is 6.26 Å². The molecule has 0 bridgehead atoms. The highest BCUT2D eigenvalue weighted by atomic mass is 79.9. The first-order valence-electron chi connectivity index (χ1n) is 27.9. The molecule has 0 spiro atoms. The lowest BCUT2D eigenvalue weighted by atomic mass is 10.0. The van der Waals surface area contributed by atoms with E-state index in [1.54, 1.807) is 74.2 Å². The highest BCUT2D eigenvalue weighted by Gasteiger charge is 2.34. The number of likely N-dealkylation sites (tertiary alicyclic amines) is 2. The highest BCUT2D eigenvalue weighted by molar-refractivity contribution is 9.10. The van der Waals surface area contributed by atoms with Crippen molar-refractivity contribution in [2.24, 2.45) is 0 Å². The van der Waals surface area contributed by atoms with Crippen LogP contribution >= 0.6 is 15.9 Å². The van der Waals surface area contributed by atoms with Crippen molar-refractivity contribution >= 4 is 50.2 Å². The Kier molecular flexibility index (Phi) is 17.7. The summed E-state index contributed by atoms with van der Waals surface area (Å²) in [4.78, 5) is 82.6. The van der Waals surface area contributed by atoms with Crippen LogP contribution in [0.2, 0.25) is 0 Å². The molecule has 0 N–H and O–H groups in total. The molecule has 2 amide bonds. The highest BCUT2D eigenvalue weighted by Crippen LogP contribution is 2.33. The number of carbonyl (C=O) groups is 2. The van der Waals surface area contributed by atoms with Gasteiger partial charge in [0.15, 0.2) is 23.0 Å². The summed E-state index contributed by atoms with van der Waals surface area (Å²) in [7, 11) is 0. The van der Waals surface area contributed by atoms with Gasteiger partial charge in [0, 0.05) is 106 Å². The molecular weight excluding hydrogens is 1120 g/mol. The van der Waals surface area contributed by atoms with Gasteiger partial charge in [-0.25, -0.2) is 14.6 Å². The summed E-state index contributed by atoms with van der Waals surface area (Å²) >= 11 is 3.46. The molecule has 2 saturated heterocycles. The SMILES string of the molecule is CC(C)(C)OC(=O)N(Cc1cc2c(cn1)OCCO2)C1CCN(CCn2c(=O)ccc3ncc(-c4ncco4)cc32)CC1.CC(C)(C)OC(=O)N(Cc1cc2c(cn1)OCCO2)C1CCN(CCn2c(=O)ccc3ncc(Br)cc32)CC1. The van der Waals surface area contributed by atoms with Crippen LogP contribution in [0.5, 0.6) is 23.0 Å². The predicted octanol–water partition coefficient (Wildman–Crippen LogP) is 8.35. The van der Waals surface area contributed by atoms with Crippen LogP contribution in [0, 0.1) is 0 Å². The van der Waals surface area contributed by atoms with Crippen LogP contribution < -0.4 is 30.1 Å². The lowest BCUT2D eigenvalue weighted by molar-refractivity contribution is 0.00436. The third-order valence-electron chi connectivity index (χ3n) is 14.5. The number of fused-ring (bicyclic) bond motifs is 4. The van der Waals surface area contributed by atoms with Crippen LogP contribution in [0.4, 0.5) is 9.59 Å². The van der Waals surface area contributed by atoms with Gasteiger partial charge in [-0.15, -0.1) is 0 Å². The fraction of sp³-hybridized carbons (Fsp3) is 0.475. The molecule has 7 aromatic heterocycles. The monoisotopic (exact) mass is 1190 g/mol. The molecule has 4 aliphatic heterocycles. The van der Waals surface area contributed by atoms with E-state index in [-0.39, 0.29) is 35.4 Å². The topological polar surface area (TPSA) is 224 Å². The number of aromatic nitrogens is 7. The van der Waals surface area contributed by atoms with Crippen LogP contribution in [-0.4, -0.2) is 155 Å². The van der Waals surface area contributed by atoms with Crippen LogP contribution in [0.3, 0.4) is 0 Å². The van der Waals surface area contributed by atoms with E-state index in [0.29, 0.717) is 99.3 Å². The van der Waals surface area contributed by atoms with Gasteiger partial charge in [-0.3, -0.25) is 39.3 Å². The number of hydrogen-bond acceptors (Lipinski definition) is 18. The van der Waals surface area contributed by atoms with E-state index in [2.05, 4.69) is 50.6 Å². The number of hydrogen-bond donors (Lipinski definition) is 0. The van der Waals surface area contributed by atoms with Crippen LogP contribution in [0.1, 0.15) is 78.6 Å². The van der Waals surface area contributed by atoms with Gasteiger partial charge >= 0.3 is 12.2 Å². The van der Waals surface area contributed by atoms with Crippen molar-refractivity contribution in [3.63, 3.8) is 0 Å². The molecule has 434 valence electrons. The van der Waals surface area contributed by atoms with Gasteiger partial charge in [-0.2, -0.15) is 0 Å². The quantitative estimate of drug-likeness (QED) is 0.106. The third-order valence-corrected chi connectivity index (χ3v) is 14.9. The summed E-state index contributed by atoms with van der Waals surface area (Å²) in [5.74, 6) is 2.98. The van der Waals surface area contributed by atoms with E-state index in [9.17, 15) is 19.2 Å². The van der Waals surface area contributed by atoms with E-state index in [1.807, 2.05) is 65.8 Å². The van der Waals surface area contributed by atoms with Crippen molar-refractivity contribution < 1.29 is 42.4 Å². The summed E-state index contributed by atoms with van der Waals surface area (Å²) < 4.78 is 44.0. The van der Waals surface area contributed by atoms with E-state index < -0.39 is 11.2 Å². The molecule has 82 heavy (non-hydrogen) atoms. The fourth-order valence-corrected chi connectivity index (χ4v) is 10.8. The minimum absolute atomic E-state index is 0.00605. The Morgan fingerprint density at radius 3 is 1.48 bits per heavy atom. The van der Waals surface area contributed by atoms with Gasteiger partial charge in [0.2, 0.25) is 5.89 Å². The minimum atomic E-state index is -0.621. The number of rotatable bonds is 13. The number of nitrogens with zero attached hydrogens (tertiary/aromatic N) is 11. The van der Waals surface area contributed by atoms with Gasteiger partial charge in [0.05, 0.1) is 70.7 Å². The number of oxazole rings is 1. The van der Waals surface area contributed by atoms with E-state index in [4.69, 9.17) is 32.8 Å². The van der Waals surface area contributed by atoms with E-state index >= 15 is 0 Å². The minimum Gasteiger partial charge on any atom is -0.486 e. The molecule has 0 atom stereocenters. The number of halogens is 1. The Morgan fingerprint density at radius 1 is 0.573 bits per heavy atom. The first-order valence-corrected chi connectivity index (χ1v) is 28.7. The van der Waals surface area contributed by atoms with Crippen molar-refractivity contribution in [2.75, 3.05) is 65.7 Å². The average molecular weight is 1190 g/mol. The Hall–Kier alpha value is -7.63. The fourth-order valence-electron chi connectivity index (χ4n) is 10.5. The predicted molar refractivity (Wildman–Crippen MR) is 308 cm³/mol. The molecular formula is C59H70BrN11O11. The third kappa shape index (κ3) is 14.5. The average Bonchev–Trinajstić information content (AvgIpc) is 4.17. The van der Waals surface area contributed by atoms with E-state index in [0.717, 1.165) is 90.6 Å². The Bertz CT molecular complexity index is 3490. The summed E-state index contributed by atoms with van der Waals surface area (Å²) in [5, 5.41) is 0. The van der Waals surface area contributed by atoms with Gasteiger partial charge in [-0.05, 0) is 107 Å². The number of pyridine rings is 6. The Labute approximate surface area is 483 Å². The second kappa shape index (κ2) is 25.2. The molecule has 0 radical (unpaired) electrons. The maximum absolute atomic E-state index is 13.4. The second-order valence-electron chi connectivity index (χ2n) is 22.7. The van der Waals surface area contributed by atoms with Crippen LogP contribution in [0.15, 0.2) is 104 Å². The lowest BCUT2D eigenvalue weighted by Crippen LogP contribution is -2.49. The number of ether oxygens (including phenoxy) is 6. The second-order valence-corrected chi connectivity index (χ2v) is 23.6. The maximum Gasteiger partial charge on any atom is 0.410 e. The molecule has 0 saturated carbocycles. The zero-order chi connectivity index (χ0) is 57.5. The van der Waals surface area contributed by atoms with Crippen molar-refractivity contribution in [1.29, 1.82) is 0 Å². The van der Waals surface area contributed by atoms with Crippen LogP contribution in [-0.2, 0) is 35.7 Å². The first-order chi connectivity index (χ1) is 39.4. The Balaban J connectivity index is 0.000000185. The van der Waals surface area contributed by atoms with Crippen molar-refractivity contribution in [1.82, 2.24) is 53.7 Å². The summed E-state index contributed by atoms with van der Waals surface area (Å²) in [6.07, 6.45) is 12.2. The van der Waals surface area contributed by atoms with Crippen molar-refractivity contribution in [3.8, 4) is 34.5 Å². The maximum atomic E-state index is 13.4. The number of carbonyl (C=O) groups excluding carboxylic acids is 2. The van der Waals surface area contributed by atoms with Gasteiger partial charge in [0.25, 0.3) is 11.1 Å². The smallest absolute Gasteiger partial charge is 0.410 e. The molecule has 23 heteroatoms. The number of amides is 2. The molecule has 7 aromatic rings. The molecule has 4 aliphatic rings.